The van der Waals surface area contributed by atoms with Gasteiger partial charge in [-0.25, -0.2) is 4.98 Å². The summed E-state index contributed by atoms with van der Waals surface area (Å²) in [6.45, 7) is 0.684. The molecular formula is C13H11N3O. The summed E-state index contributed by atoms with van der Waals surface area (Å²) in [5, 5.41) is 3.21. The standard InChI is InChI=1S/C13H11N3O/c1-2-4-12-11(3-1)14-8-13(16-12)15-7-10-5-6-17-9-10/h1-6,8-9H,7H2,(H,15,16). The number of fused-ring (bicyclic) bond motifs is 1. The first-order valence-electron chi connectivity index (χ1n) is 5.38. The van der Waals surface area contributed by atoms with Gasteiger partial charge in [0.2, 0.25) is 0 Å². The van der Waals surface area contributed by atoms with Gasteiger partial charge < -0.3 is 9.73 Å². The van der Waals surface area contributed by atoms with Crippen molar-refractivity contribution in [3.05, 3.63) is 54.6 Å². The van der Waals surface area contributed by atoms with Crippen molar-refractivity contribution in [2.24, 2.45) is 0 Å². The van der Waals surface area contributed by atoms with Crippen LogP contribution in [-0.4, -0.2) is 9.97 Å². The van der Waals surface area contributed by atoms with Gasteiger partial charge in [-0.1, -0.05) is 12.1 Å². The van der Waals surface area contributed by atoms with Gasteiger partial charge in [-0.15, -0.1) is 0 Å². The molecule has 1 aromatic carbocycles. The van der Waals surface area contributed by atoms with Crippen molar-refractivity contribution in [2.45, 2.75) is 6.54 Å². The lowest BCUT2D eigenvalue weighted by atomic mass is 10.3. The molecule has 0 bridgehead atoms. The van der Waals surface area contributed by atoms with Gasteiger partial charge in [-0.05, 0) is 18.2 Å². The molecule has 0 amide bonds. The smallest absolute Gasteiger partial charge is 0.145 e. The largest absolute Gasteiger partial charge is 0.472 e. The fraction of sp³-hybridized carbons (Fsp3) is 0.0769. The lowest BCUT2D eigenvalue weighted by molar-refractivity contribution is 0.564. The van der Waals surface area contributed by atoms with Gasteiger partial charge in [-0.3, -0.25) is 4.98 Å². The molecule has 0 spiro atoms. The summed E-state index contributed by atoms with van der Waals surface area (Å²) in [6, 6.07) is 9.72. The molecular weight excluding hydrogens is 214 g/mol. The zero-order valence-corrected chi connectivity index (χ0v) is 9.13. The molecule has 2 heterocycles. The number of nitrogens with zero attached hydrogens (tertiary/aromatic N) is 2. The van der Waals surface area contributed by atoms with E-state index < -0.39 is 0 Å². The Morgan fingerprint density at radius 1 is 1.12 bits per heavy atom. The van der Waals surface area contributed by atoms with Crippen LogP contribution in [0.5, 0.6) is 0 Å². The van der Waals surface area contributed by atoms with Crippen LogP contribution in [0.15, 0.2) is 53.5 Å². The number of aromatic nitrogens is 2. The summed E-state index contributed by atoms with van der Waals surface area (Å²) >= 11 is 0. The highest BCUT2D eigenvalue weighted by atomic mass is 16.3. The molecule has 1 N–H and O–H groups in total. The molecule has 0 aliphatic carbocycles. The number of para-hydroxylation sites is 2. The van der Waals surface area contributed by atoms with E-state index in [0.29, 0.717) is 6.54 Å². The Hall–Kier alpha value is -2.36. The third-order valence-electron chi connectivity index (χ3n) is 2.50. The molecule has 0 saturated heterocycles. The van der Waals surface area contributed by atoms with Crippen molar-refractivity contribution in [3.8, 4) is 0 Å². The summed E-state index contributed by atoms with van der Waals surface area (Å²) in [5.41, 5.74) is 2.88. The van der Waals surface area contributed by atoms with Gasteiger partial charge in [0.25, 0.3) is 0 Å². The Bertz CT molecular complexity index is 619. The number of rotatable bonds is 3. The summed E-state index contributed by atoms with van der Waals surface area (Å²) in [7, 11) is 0. The second-order valence-electron chi connectivity index (χ2n) is 3.73. The van der Waals surface area contributed by atoms with Crippen LogP contribution in [-0.2, 0) is 6.54 Å². The van der Waals surface area contributed by atoms with Crippen LogP contribution >= 0.6 is 0 Å². The molecule has 84 valence electrons. The van der Waals surface area contributed by atoms with Crippen LogP contribution in [0.3, 0.4) is 0 Å². The molecule has 0 radical (unpaired) electrons. The van der Waals surface area contributed by atoms with Crippen molar-refractivity contribution >= 4 is 16.9 Å². The molecule has 0 unspecified atom stereocenters. The normalized spacial score (nSPS) is 10.6. The Kier molecular flexibility index (Phi) is 2.46. The molecule has 0 atom stereocenters. The highest BCUT2D eigenvalue weighted by Gasteiger charge is 1.99. The van der Waals surface area contributed by atoms with Crippen molar-refractivity contribution in [3.63, 3.8) is 0 Å². The molecule has 0 aliphatic rings. The number of benzene rings is 1. The Balaban J connectivity index is 1.81. The molecule has 4 nitrogen and oxygen atoms in total. The number of hydrogen-bond donors (Lipinski definition) is 1. The van der Waals surface area contributed by atoms with Gasteiger partial charge in [0.05, 0.1) is 29.8 Å². The van der Waals surface area contributed by atoms with Gasteiger partial charge in [0, 0.05) is 12.1 Å². The molecule has 17 heavy (non-hydrogen) atoms. The minimum absolute atomic E-state index is 0.684. The molecule has 3 aromatic rings. The van der Waals surface area contributed by atoms with E-state index >= 15 is 0 Å². The zero-order valence-electron chi connectivity index (χ0n) is 9.13. The SMILES string of the molecule is c1ccc2nc(NCc3ccoc3)cnc2c1. The summed E-state index contributed by atoms with van der Waals surface area (Å²) in [6.07, 6.45) is 5.10. The molecule has 2 aromatic heterocycles. The third kappa shape index (κ3) is 2.10. The van der Waals surface area contributed by atoms with Crippen LogP contribution in [0, 0.1) is 0 Å². The fourth-order valence-electron chi connectivity index (χ4n) is 1.63. The molecule has 0 fully saturated rings. The van der Waals surface area contributed by atoms with Crippen molar-refractivity contribution in [1.29, 1.82) is 0 Å². The zero-order chi connectivity index (χ0) is 11.5. The summed E-state index contributed by atoms with van der Waals surface area (Å²) < 4.78 is 5.00. The van der Waals surface area contributed by atoms with Gasteiger partial charge in [0.15, 0.2) is 0 Å². The predicted octanol–water partition coefficient (Wildman–Crippen LogP) is 2.83. The number of anilines is 1. The van der Waals surface area contributed by atoms with Gasteiger partial charge in [0.1, 0.15) is 5.82 Å². The minimum Gasteiger partial charge on any atom is -0.472 e. The lowest BCUT2D eigenvalue weighted by Crippen LogP contribution is -2.01. The number of furan rings is 1. The van der Waals surface area contributed by atoms with Crippen LogP contribution in [0.4, 0.5) is 5.82 Å². The van der Waals surface area contributed by atoms with E-state index in [2.05, 4.69) is 15.3 Å². The summed E-state index contributed by atoms with van der Waals surface area (Å²) in [4.78, 5) is 8.80. The maximum Gasteiger partial charge on any atom is 0.145 e. The monoisotopic (exact) mass is 225 g/mol. The van der Waals surface area contributed by atoms with Crippen LogP contribution < -0.4 is 5.32 Å². The average Bonchev–Trinajstić information content (AvgIpc) is 2.89. The van der Waals surface area contributed by atoms with Crippen LogP contribution in [0.1, 0.15) is 5.56 Å². The summed E-state index contributed by atoms with van der Waals surface area (Å²) in [5.74, 6) is 0.768. The van der Waals surface area contributed by atoms with E-state index in [9.17, 15) is 0 Å². The van der Waals surface area contributed by atoms with Gasteiger partial charge in [-0.2, -0.15) is 0 Å². The average molecular weight is 225 g/mol. The maximum absolute atomic E-state index is 5.00. The predicted molar refractivity (Wildman–Crippen MR) is 65.6 cm³/mol. The highest BCUT2D eigenvalue weighted by molar-refractivity contribution is 5.75. The Morgan fingerprint density at radius 3 is 2.82 bits per heavy atom. The molecule has 3 rings (SSSR count). The van der Waals surface area contributed by atoms with Crippen molar-refractivity contribution in [1.82, 2.24) is 9.97 Å². The van der Waals surface area contributed by atoms with E-state index in [-0.39, 0.29) is 0 Å². The quantitative estimate of drug-likeness (QED) is 0.744. The highest BCUT2D eigenvalue weighted by Crippen LogP contribution is 2.12. The van der Waals surface area contributed by atoms with E-state index in [1.54, 1.807) is 18.7 Å². The fourth-order valence-corrected chi connectivity index (χ4v) is 1.63. The molecule has 0 aliphatic heterocycles. The van der Waals surface area contributed by atoms with Crippen molar-refractivity contribution < 1.29 is 4.42 Å². The minimum atomic E-state index is 0.684. The second-order valence-corrected chi connectivity index (χ2v) is 3.73. The lowest BCUT2D eigenvalue weighted by Gasteiger charge is -2.04. The van der Waals surface area contributed by atoms with Crippen molar-refractivity contribution in [2.75, 3.05) is 5.32 Å². The molecule has 0 saturated carbocycles. The Morgan fingerprint density at radius 2 is 2.00 bits per heavy atom. The number of hydrogen-bond acceptors (Lipinski definition) is 4. The first-order valence-corrected chi connectivity index (χ1v) is 5.38. The first kappa shape index (κ1) is 9.84. The van der Waals surface area contributed by atoms with Gasteiger partial charge >= 0.3 is 0 Å². The number of nitrogens with one attached hydrogen (secondary N) is 1. The van der Waals surface area contributed by atoms with E-state index in [4.69, 9.17) is 4.42 Å². The first-order chi connectivity index (χ1) is 8.42. The van der Waals surface area contributed by atoms with Crippen LogP contribution in [0.25, 0.3) is 11.0 Å². The van der Waals surface area contributed by atoms with E-state index in [1.807, 2.05) is 30.3 Å². The molecule has 4 heteroatoms. The van der Waals surface area contributed by atoms with Crippen LogP contribution in [0.2, 0.25) is 0 Å². The van der Waals surface area contributed by atoms with E-state index in [1.165, 1.54) is 0 Å². The maximum atomic E-state index is 5.00. The topological polar surface area (TPSA) is 51.0 Å². The Labute approximate surface area is 98.3 Å². The van der Waals surface area contributed by atoms with E-state index in [0.717, 1.165) is 22.4 Å². The second kappa shape index (κ2) is 4.25. The third-order valence-corrected chi connectivity index (χ3v) is 2.50.